The highest BCUT2D eigenvalue weighted by Gasteiger charge is 2.42. The quantitative estimate of drug-likeness (QED) is 0.769. The standard InChI is InChI=1S/C12H16N2O2.ClH/c1-14-8-7-12(13,11(15)16-2)9-5-3-4-6-10(9)14;/h3-6H,7-8,13H2,1-2H3;1H. The number of hydrogen-bond acceptors (Lipinski definition) is 4. The highest BCUT2D eigenvalue weighted by molar-refractivity contribution is 5.86. The Labute approximate surface area is 107 Å². The molecule has 1 heterocycles. The fourth-order valence-electron chi connectivity index (χ4n) is 2.18. The summed E-state index contributed by atoms with van der Waals surface area (Å²) in [6.45, 7) is 0.753. The molecule has 17 heavy (non-hydrogen) atoms. The maximum absolute atomic E-state index is 11.8. The summed E-state index contributed by atoms with van der Waals surface area (Å²) in [6, 6.07) is 7.70. The molecule has 0 amide bonds. The van der Waals surface area contributed by atoms with Crippen molar-refractivity contribution < 1.29 is 9.53 Å². The number of anilines is 1. The topological polar surface area (TPSA) is 55.6 Å². The van der Waals surface area contributed by atoms with Crippen LogP contribution in [0.2, 0.25) is 0 Å². The number of carbonyl (C=O) groups excluding carboxylic acids is 1. The van der Waals surface area contributed by atoms with Crippen molar-refractivity contribution in [2.24, 2.45) is 5.73 Å². The fourth-order valence-corrected chi connectivity index (χ4v) is 2.18. The molecule has 0 saturated carbocycles. The van der Waals surface area contributed by atoms with Gasteiger partial charge in [-0.3, -0.25) is 0 Å². The van der Waals surface area contributed by atoms with Crippen molar-refractivity contribution in [3.63, 3.8) is 0 Å². The van der Waals surface area contributed by atoms with Crippen LogP contribution < -0.4 is 10.6 Å². The molecule has 0 bridgehead atoms. The first kappa shape index (κ1) is 13.8. The van der Waals surface area contributed by atoms with Gasteiger partial charge in [0, 0.05) is 24.8 Å². The fraction of sp³-hybridized carbons (Fsp3) is 0.417. The third kappa shape index (κ3) is 2.10. The summed E-state index contributed by atoms with van der Waals surface area (Å²) in [6.07, 6.45) is 0.577. The van der Waals surface area contributed by atoms with Crippen molar-refractivity contribution >= 4 is 24.1 Å². The number of nitrogens with zero attached hydrogens (tertiary/aromatic N) is 1. The third-order valence-corrected chi connectivity index (χ3v) is 3.19. The van der Waals surface area contributed by atoms with Gasteiger partial charge in [-0.2, -0.15) is 0 Å². The average Bonchev–Trinajstić information content (AvgIpc) is 2.33. The number of methoxy groups -OCH3 is 1. The molecule has 0 spiro atoms. The summed E-state index contributed by atoms with van der Waals surface area (Å²) in [4.78, 5) is 13.9. The maximum atomic E-state index is 11.8. The van der Waals surface area contributed by atoms with Crippen LogP contribution >= 0.6 is 12.4 Å². The number of nitrogens with two attached hydrogens (primary N) is 1. The van der Waals surface area contributed by atoms with E-state index < -0.39 is 5.54 Å². The second-order valence-corrected chi connectivity index (χ2v) is 4.15. The van der Waals surface area contributed by atoms with E-state index in [4.69, 9.17) is 10.5 Å². The molecule has 1 aromatic carbocycles. The number of fused-ring (bicyclic) bond motifs is 1. The van der Waals surface area contributed by atoms with Crippen LogP contribution in [0.1, 0.15) is 12.0 Å². The largest absolute Gasteiger partial charge is 0.467 e. The van der Waals surface area contributed by atoms with E-state index >= 15 is 0 Å². The van der Waals surface area contributed by atoms with Crippen LogP contribution in [-0.4, -0.2) is 26.7 Å². The van der Waals surface area contributed by atoms with E-state index in [1.807, 2.05) is 31.3 Å². The summed E-state index contributed by atoms with van der Waals surface area (Å²) >= 11 is 0. The molecule has 1 atom stereocenters. The Kier molecular flexibility index (Phi) is 4.01. The molecule has 1 unspecified atom stereocenters. The number of hydrogen-bond donors (Lipinski definition) is 1. The summed E-state index contributed by atoms with van der Waals surface area (Å²) < 4.78 is 4.80. The van der Waals surface area contributed by atoms with E-state index in [1.54, 1.807) is 0 Å². The maximum Gasteiger partial charge on any atom is 0.330 e. The van der Waals surface area contributed by atoms with Crippen LogP contribution in [0.5, 0.6) is 0 Å². The Morgan fingerprint density at radius 3 is 2.76 bits per heavy atom. The molecule has 1 aliphatic rings. The van der Waals surface area contributed by atoms with E-state index in [0.29, 0.717) is 6.42 Å². The van der Waals surface area contributed by atoms with E-state index in [-0.39, 0.29) is 18.4 Å². The van der Waals surface area contributed by atoms with Gasteiger partial charge in [-0.1, -0.05) is 18.2 Å². The van der Waals surface area contributed by atoms with Crippen molar-refractivity contribution in [1.82, 2.24) is 0 Å². The van der Waals surface area contributed by atoms with Crippen molar-refractivity contribution in [1.29, 1.82) is 0 Å². The van der Waals surface area contributed by atoms with Gasteiger partial charge in [0.2, 0.25) is 0 Å². The molecule has 0 aliphatic carbocycles. The zero-order valence-corrected chi connectivity index (χ0v) is 10.8. The SMILES string of the molecule is COC(=O)C1(N)CCN(C)c2ccccc21.Cl. The van der Waals surface area contributed by atoms with Crippen molar-refractivity contribution in [2.45, 2.75) is 12.0 Å². The molecule has 0 radical (unpaired) electrons. The molecular weight excluding hydrogens is 240 g/mol. The van der Waals surface area contributed by atoms with Gasteiger partial charge in [-0.25, -0.2) is 4.79 Å². The van der Waals surface area contributed by atoms with Crippen LogP contribution in [0.15, 0.2) is 24.3 Å². The Morgan fingerprint density at radius 1 is 1.47 bits per heavy atom. The molecule has 94 valence electrons. The number of esters is 1. The summed E-state index contributed by atoms with van der Waals surface area (Å²) in [5.41, 5.74) is 7.03. The van der Waals surface area contributed by atoms with Crippen molar-refractivity contribution in [2.75, 3.05) is 25.6 Å². The summed E-state index contributed by atoms with van der Waals surface area (Å²) in [7, 11) is 3.37. The van der Waals surface area contributed by atoms with Crippen LogP contribution in [0.3, 0.4) is 0 Å². The summed E-state index contributed by atoms with van der Waals surface area (Å²) in [5, 5.41) is 0. The third-order valence-electron chi connectivity index (χ3n) is 3.19. The number of ether oxygens (including phenoxy) is 1. The van der Waals surface area contributed by atoms with Gasteiger partial charge in [0.25, 0.3) is 0 Å². The molecule has 2 rings (SSSR count). The highest BCUT2D eigenvalue weighted by Crippen LogP contribution is 2.36. The smallest absolute Gasteiger partial charge is 0.330 e. The molecule has 0 fully saturated rings. The van der Waals surface area contributed by atoms with Gasteiger partial charge in [-0.05, 0) is 12.5 Å². The minimum Gasteiger partial charge on any atom is -0.467 e. The molecular formula is C12H17ClN2O2. The van der Waals surface area contributed by atoms with Gasteiger partial charge < -0.3 is 15.4 Å². The van der Waals surface area contributed by atoms with E-state index in [2.05, 4.69) is 4.90 Å². The van der Waals surface area contributed by atoms with Crippen LogP contribution in [0, 0.1) is 0 Å². The second-order valence-electron chi connectivity index (χ2n) is 4.15. The van der Waals surface area contributed by atoms with Gasteiger partial charge in [-0.15, -0.1) is 12.4 Å². The first-order chi connectivity index (χ1) is 7.59. The molecule has 0 aromatic heterocycles. The predicted octanol–water partition coefficient (Wildman–Crippen LogP) is 1.28. The number of para-hydroxylation sites is 1. The zero-order valence-electron chi connectivity index (χ0n) is 9.97. The Morgan fingerprint density at radius 2 is 2.12 bits per heavy atom. The van der Waals surface area contributed by atoms with Crippen molar-refractivity contribution in [3.05, 3.63) is 29.8 Å². The van der Waals surface area contributed by atoms with Gasteiger partial charge >= 0.3 is 5.97 Å². The molecule has 2 N–H and O–H groups in total. The first-order valence-electron chi connectivity index (χ1n) is 5.27. The van der Waals surface area contributed by atoms with Crippen molar-refractivity contribution in [3.8, 4) is 0 Å². The summed E-state index contributed by atoms with van der Waals surface area (Å²) in [5.74, 6) is -0.368. The van der Waals surface area contributed by atoms with Crippen LogP contribution in [-0.2, 0) is 15.1 Å². The normalized spacial score (nSPS) is 22.4. The number of halogens is 1. The van der Waals surface area contributed by atoms with E-state index in [1.165, 1.54) is 7.11 Å². The minimum atomic E-state index is -1.00. The van der Waals surface area contributed by atoms with Crippen LogP contribution in [0.25, 0.3) is 0 Å². The lowest BCUT2D eigenvalue weighted by atomic mass is 9.83. The number of carbonyl (C=O) groups is 1. The highest BCUT2D eigenvalue weighted by atomic mass is 35.5. The van der Waals surface area contributed by atoms with Gasteiger partial charge in [0.1, 0.15) is 5.54 Å². The number of benzene rings is 1. The molecule has 5 heteroatoms. The van der Waals surface area contributed by atoms with E-state index in [9.17, 15) is 4.79 Å². The number of rotatable bonds is 1. The van der Waals surface area contributed by atoms with Gasteiger partial charge in [0.05, 0.1) is 7.11 Å². The van der Waals surface area contributed by atoms with Gasteiger partial charge in [0.15, 0.2) is 0 Å². The first-order valence-corrected chi connectivity index (χ1v) is 5.27. The lowest BCUT2D eigenvalue weighted by Crippen LogP contribution is -2.51. The Balaban J connectivity index is 0.00000144. The lowest BCUT2D eigenvalue weighted by molar-refractivity contribution is -0.147. The average molecular weight is 257 g/mol. The monoisotopic (exact) mass is 256 g/mol. The Hall–Kier alpha value is -1.26. The molecule has 0 saturated heterocycles. The minimum absolute atomic E-state index is 0. The predicted molar refractivity (Wildman–Crippen MR) is 69.5 cm³/mol. The van der Waals surface area contributed by atoms with E-state index in [0.717, 1.165) is 17.8 Å². The molecule has 1 aromatic rings. The second kappa shape index (κ2) is 4.94. The lowest BCUT2D eigenvalue weighted by Gasteiger charge is -2.38. The molecule has 1 aliphatic heterocycles. The zero-order chi connectivity index (χ0) is 11.8. The Bertz CT molecular complexity index is 425. The van der Waals surface area contributed by atoms with Crippen LogP contribution in [0.4, 0.5) is 5.69 Å². The molecule has 4 nitrogen and oxygen atoms in total.